The fourth-order valence-electron chi connectivity index (χ4n) is 5.84. The Bertz CT molecular complexity index is 1630. The van der Waals surface area contributed by atoms with Gasteiger partial charge >= 0.3 is 0 Å². The highest BCUT2D eigenvalue weighted by molar-refractivity contribution is 7.89. The average Bonchev–Trinajstić information content (AvgIpc) is 3.00. The molecule has 41 heavy (non-hydrogen) atoms. The number of hydrogen-bond donors (Lipinski definition) is 0. The van der Waals surface area contributed by atoms with E-state index >= 15 is 0 Å². The quantitative estimate of drug-likeness (QED) is 0.313. The first-order chi connectivity index (χ1) is 19.8. The Morgan fingerprint density at radius 3 is 2.15 bits per heavy atom. The van der Waals surface area contributed by atoms with Gasteiger partial charge in [0.1, 0.15) is 5.75 Å². The maximum absolute atomic E-state index is 13.1. The molecule has 0 bridgehead atoms. The van der Waals surface area contributed by atoms with Crippen LogP contribution in [0, 0.1) is 0 Å². The number of methoxy groups -OCH3 is 1. The number of aromatic nitrogens is 1. The lowest BCUT2D eigenvalue weighted by Gasteiger charge is -2.36. The third-order valence-electron chi connectivity index (χ3n) is 7.79. The Kier molecular flexibility index (Phi) is 7.70. The summed E-state index contributed by atoms with van der Waals surface area (Å²) in [6.07, 6.45) is 2.25. The van der Waals surface area contributed by atoms with Gasteiger partial charge in [-0.05, 0) is 55.3 Å². The van der Waals surface area contributed by atoms with Crippen LogP contribution >= 0.6 is 0 Å². The Hall–Kier alpha value is -3.50. The standard InChI is InChI=1S/C32H35N3O5S/c1-22-20-34(21-23(2)40-22)26-11-7-25(8-12-26)30-19-33-31-28(5-4-6-29(31)32(30)38-3)24-9-13-27(14-10-24)41(36,37)35-15-17-39-18-16-35/h4-14,19,22-23H,15-18,20-21H2,1-3H3/t22-,23?/m1/s1. The van der Waals surface area contributed by atoms with Crippen LogP contribution in [0.1, 0.15) is 13.8 Å². The highest BCUT2D eigenvalue weighted by Crippen LogP contribution is 2.39. The molecule has 2 atom stereocenters. The number of ether oxygens (including phenoxy) is 3. The highest BCUT2D eigenvalue weighted by atomic mass is 32.2. The summed E-state index contributed by atoms with van der Waals surface area (Å²) < 4.78 is 44.8. The molecule has 214 valence electrons. The van der Waals surface area contributed by atoms with Gasteiger partial charge in [0.2, 0.25) is 10.0 Å². The average molecular weight is 574 g/mol. The Morgan fingerprint density at radius 2 is 1.49 bits per heavy atom. The van der Waals surface area contributed by atoms with Crippen molar-refractivity contribution in [2.24, 2.45) is 0 Å². The minimum absolute atomic E-state index is 0.197. The summed E-state index contributed by atoms with van der Waals surface area (Å²) in [5, 5.41) is 0.896. The summed E-state index contributed by atoms with van der Waals surface area (Å²) in [5.74, 6) is 0.754. The maximum Gasteiger partial charge on any atom is 0.243 e. The number of fused-ring (bicyclic) bond motifs is 1. The molecule has 6 rings (SSSR count). The summed E-state index contributed by atoms with van der Waals surface area (Å²) in [7, 11) is -1.88. The number of morpholine rings is 2. The number of anilines is 1. The molecule has 0 saturated carbocycles. The second-order valence-corrected chi connectivity index (χ2v) is 12.6. The van der Waals surface area contributed by atoms with Gasteiger partial charge in [-0.1, -0.05) is 36.4 Å². The lowest BCUT2D eigenvalue weighted by atomic mass is 9.98. The first-order valence-corrected chi connectivity index (χ1v) is 15.4. The van der Waals surface area contributed by atoms with Crippen molar-refractivity contribution in [2.45, 2.75) is 31.0 Å². The number of sulfonamides is 1. The minimum atomic E-state index is -3.56. The molecule has 2 fully saturated rings. The zero-order valence-electron chi connectivity index (χ0n) is 23.6. The van der Waals surface area contributed by atoms with E-state index in [1.54, 1.807) is 19.2 Å². The second kappa shape index (κ2) is 11.4. The van der Waals surface area contributed by atoms with Gasteiger partial charge in [0.25, 0.3) is 0 Å². The van der Waals surface area contributed by atoms with E-state index in [4.69, 9.17) is 19.2 Å². The molecule has 1 aromatic heterocycles. The molecule has 4 aromatic rings. The third-order valence-corrected chi connectivity index (χ3v) is 9.70. The van der Waals surface area contributed by atoms with Gasteiger partial charge in [0.15, 0.2) is 0 Å². The topological polar surface area (TPSA) is 81.2 Å². The summed E-state index contributed by atoms with van der Waals surface area (Å²) in [5.41, 5.74) is 5.71. The fraction of sp³-hybridized carbons (Fsp3) is 0.344. The number of hydrogen-bond acceptors (Lipinski definition) is 7. The van der Waals surface area contributed by atoms with Crippen LogP contribution < -0.4 is 9.64 Å². The van der Waals surface area contributed by atoms with Crippen LogP contribution in [-0.2, 0) is 19.5 Å². The van der Waals surface area contributed by atoms with E-state index in [2.05, 4.69) is 43.0 Å². The van der Waals surface area contributed by atoms with Crippen LogP contribution in [0.3, 0.4) is 0 Å². The summed E-state index contributed by atoms with van der Waals surface area (Å²) in [6, 6.07) is 21.5. The van der Waals surface area contributed by atoms with Gasteiger partial charge < -0.3 is 19.1 Å². The zero-order chi connectivity index (χ0) is 28.6. The lowest BCUT2D eigenvalue weighted by molar-refractivity contribution is -0.00521. The molecule has 0 spiro atoms. The van der Waals surface area contributed by atoms with Crippen molar-refractivity contribution in [3.63, 3.8) is 0 Å². The van der Waals surface area contributed by atoms with Crippen LogP contribution in [0.15, 0.2) is 77.8 Å². The number of nitrogens with zero attached hydrogens (tertiary/aromatic N) is 3. The van der Waals surface area contributed by atoms with Crippen molar-refractivity contribution in [3.8, 4) is 28.0 Å². The van der Waals surface area contributed by atoms with Gasteiger partial charge in [-0.25, -0.2) is 8.42 Å². The van der Waals surface area contributed by atoms with Crippen LogP contribution in [0.5, 0.6) is 5.75 Å². The van der Waals surface area contributed by atoms with Gasteiger partial charge in [-0.3, -0.25) is 4.98 Å². The normalized spacial score (nSPS) is 20.3. The predicted octanol–water partition coefficient (Wildman–Crippen LogP) is 5.21. The smallest absolute Gasteiger partial charge is 0.243 e. The van der Waals surface area contributed by atoms with Gasteiger partial charge in [-0.2, -0.15) is 4.31 Å². The highest BCUT2D eigenvalue weighted by Gasteiger charge is 2.26. The van der Waals surface area contributed by atoms with Gasteiger partial charge in [0.05, 0.1) is 42.9 Å². The van der Waals surface area contributed by atoms with Crippen molar-refractivity contribution in [3.05, 3.63) is 72.9 Å². The Labute approximate surface area is 241 Å². The van der Waals surface area contributed by atoms with Crippen LogP contribution in [0.2, 0.25) is 0 Å². The van der Waals surface area contributed by atoms with E-state index in [0.29, 0.717) is 26.3 Å². The molecule has 9 heteroatoms. The Morgan fingerprint density at radius 1 is 0.854 bits per heavy atom. The molecule has 8 nitrogen and oxygen atoms in total. The molecule has 1 unspecified atom stereocenters. The van der Waals surface area contributed by atoms with E-state index < -0.39 is 10.0 Å². The molecule has 0 N–H and O–H groups in total. The molecule has 2 aliphatic rings. The molecule has 3 aromatic carbocycles. The summed E-state index contributed by atoms with van der Waals surface area (Å²) >= 11 is 0. The maximum atomic E-state index is 13.1. The van der Waals surface area contributed by atoms with Crippen LogP contribution in [0.25, 0.3) is 33.2 Å². The Balaban J connectivity index is 1.31. The molecule has 0 radical (unpaired) electrons. The molecule has 2 saturated heterocycles. The van der Waals surface area contributed by atoms with E-state index in [-0.39, 0.29) is 17.1 Å². The second-order valence-electron chi connectivity index (χ2n) is 10.7. The van der Waals surface area contributed by atoms with Crippen molar-refractivity contribution in [1.82, 2.24) is 9.29 Å². The van der Waals surface area contributed by atoms with Crippen LogP contribution in [0.4, 0.5) is 5.69 Å². The van der Waals surface area contributed by atoms with Crippen molar-refractivity contribution >= 4 is 26.6 Å². The molecule has 2 aliphatic heterocycles. The third kappa shape index (κ3) is 5.42. The van der Waals surface area contributed by atoms with Crippen molar-refractivity contribution < 1.29 is 22.6 Å². The van der Waals surface area contributed by atoms with Gasteiger partial charge in [0, 0.05) is 54.6 Å². The fourth-order valence-corrected chi connectivity index (χ4v) is 7.25. The first kappa shape index (κ1) is 27.7. The van der Waals surface area contributed by atoms with Crippen LogP contribution in [-0.4, -0.2) is 76.4 Å². The van der Waals surface area contributed by atoms with Gasteiger partial charge in [-0.15, -0.1) is 0 Å². The largest absolute Gasteiger partial charge is 0.495 e. The number of rotatable bonds is 6. The SMILES string of the molecule is COc1c(-c2ccc(N3CC(C)O[C@H](C)C3)cc2)cnc2c(-c3ccc(S(=O)(=O)N4CCOCC4)cc3)cccc12. The molecule has 0 amide bonds. The number of pyridine rings is 1. The monoisotopic (exact) mass is 573 g/mol. The first-order valence-electron chi connectivity index (χ1n) is 14.0. The molecule has 3 heterocycles. The van der Waals surface area contributed by atoms with E-state index in [0.717, 1.165) is 52.0 Å². The van der Waals surface area contributed by atoms with E-state index in [9.17, 15) is 8.42 Å². The van der Waals surface area contributed by atoms with E-state index in [1.165, 1.54) is 9.99 Å². The summed E-state index contributed by atoms with van der Waals surface area (Å²) in [4.78, 5) is 7.51. The molecular weight excluding hydrogens is 538 g/mol. The molecule has 0 aliphatic carbocycles. The molecular formula is C32H35N3O5S. The minimum Gasteiger partial charge on any atom is -0.495 e. The number of benzene rings is 3. The predicted molar refractivity (Wildman–Crippen MR) is 161 cm³/mol. The van der Waals surface area contributed by atoms with Crippen molar-refractivity contribution in [1.29, 1.82) is 0 Å². The zero-order valence-corrected chi connectivity index (χ0v) is 24.4. The van der Waals surface area contributed by atoms with E-state index in [1.807, 2.05) is 36.5 Å². The van der Waals surface area contributed by atoms with Crippen molar-refractivity contribution in [2.75, 3.05) is 51.4 Å². The lowest BCUT2D eigenvalue weighted by Crippen LogP contribution is -2.45. The summed E-state index contributed by atoms with van der Waals surface area (Å²) in [6.45, 7) is 7.53. The number of para-hydroxylation sites is 1.